The van der Waals surface area contributed by atoms with E-state index in [2.05, 4.69) is 169 Å². The standard InChI is InChI=1S/C43H30N2/c1-43(2)35-21-11-8-16-29(35)30-25-24-28(26-36(30)43)45-38-23-13-10-20-34(38)40-39-33-19-9-12-22-37(33)44(27-14-4-3-5-15-27)41(39)31-17-6-7-18-32(31)42(40)45/h3-26H,1-2H3. The first-order valence-electron chi connectivity index (χ1n) is 15.8. The molecule has 0 saturated carbocycles. The van der Waals surface area contributed by atoms with Crippen LogP contribution in [0.2, 0.25) is 0 Å². The van der Waals surface area contributed by atoms with E-state index in [1.54, 1.807) is 0 Å². The molecule has 0 amide bonds. The van der Waals surface area contributed by atoms with Gasteiger partial charge in [0.15, 0.2) is 0 Å². The quantitative estimate of drug-likeness (QED) is 0.194. The highest BCUT2D eigenvalue weighted by Gasteiger charge is 2.35. The van der Waals surface area contributed by atoms with Gasteiger partial charge in [0.25, 0.3) is 0 Å². The number of para-hydroxylation sites is 3. The largest absolute Gasteiger partial charge is 0.309 e. The summed E-state index contributed by atoms with van der Waals surface area (Å²) < 4.78 is 4.99. The molecular weight excluding hydrogens is 544 g/mol. The SMILES string of the molecule is CC1(C)c2ccccc2-c2ccc(-n3c4ccccc4c4c5c6ccccc6n(-c6ccccc6)c5c5ccccc5c43)cc21. The maximum atomic E-state index is 2.53. The number of rotatable bonds is 2. The fourth-order valence-electron chi connectivity index (χ4n) is 8.34. The van der Waals surface area contributed by atoms with Crippen molar-refractivity contribution < 1.29 is 0 Å². The van der Waals surface area contributed by atoms with Crippen molar-refractivity contribution in [3.05, 3.63) is 157 Å². The Bertz CT molecular complexity index is 2670. The maximum Gasteiger partial charge on any atom is 0.0627 e. The zero-order valence-corrected chi connectivity index (χ0v) is 25.3. The minimum Gasteiger partial charge on any atom is -0.309 e. The van der Waals surface area contributed by atoms with Crippen molar-refractivity contribution in [1.29, 1.82) is 0 Å². The third kappa shape index (κ3) is 3.13. The van der Waals surface area contributed by atoms with Gasteiger partial charge in [-0.1, -0.05) is 123 Å². The van der Waals surface area contributed by atoms with Crippen LogP contribution in [-0.4, -0.2) is 9.13 Å². The van der Waals surface area contributed by atoms with Gasteiger partial charge in [0.05, 0.1) is 22.1 Å². The Morgan fingerprint density at radius 2 is 0.889 bits per heavy atom. The van der Waals surface area contributed by atoms with Gasteiger partial charge in [-0.15, -0.1) is 0 Å². The highest BCUT2D eigenvalue weighted by Crippen LogP contribution is 2.51. The third-order valence-electron chi connectivity index (χ3n) is 10.3. The molecule has 0 saturated heterocycles. The predicted octanol–water partition coefficient (Wildman–Crippen LogP) is 11.3. The minimum absolute atomic E-state index is 0.0703. The van der Waals surface area contributed by atoms with Crippen molar-refractivity contribution in [3.8, 4) is 22.5 Å². The summed E-state index contributed by atoms with van der Waals surface area (Å²) in [6.07, 6.45) is 0. The first-order chi connectivity index (χ1) is 22.1. The molecular formula is C43H30N2. The van der Waals surface area contributed by atoms with Crippen LogP contribution in [0.4, 0.5) is 0 Å². The maximum absolute atomic E-state index is 2.53. The van der Waals surface area contributed by atoms with Gasteiger partial charge in [-0.05, 0) is 58.7 Å². The average Bonchev–Trinajstić information content (AvgIpc) is 3.69. The number of aromatic nitrogens is 2. The molecule has 7 aromatic carbocycles. The van der Waals surface area contributed by atoms with E-state index in [9.17, 15) is 0 Å². The van der Waals surface area contributed by atoms with Crippen molar-refractivity contribution in [3.63, 3.8) is 0 Å². The van der Waals surface area contributed by atoms with Crippen molar-refractivity contribution >= 4 is 54.4 Å². The topological polar surface area (TPSA) is 9.86 Å². The first kappa shape index (κ1) is 24.8. The van der Waals surface area contributed by atoms with E-state index in [4.69, 9.17) is 0 Å². The molecule has 0 radical (unpaired) electrons. The number of fused-ring (bicyclic) bond motifs is 13. The Balaban J connectivity index is 1.42. The highest BCUT2D eigenvalue weighted by atomic mass is 15.0. The van der Waals surface area contributed by atoms with Gasteiger partial charge >= 0.3 is 0 Å². The Labute approximate surface area is 261 Å². The van der Waals surface area contributed by atoms with Crippen LogP contribution < -0.4 is 0 Å². The summed E-state index contributed by atoms with van der Waals surface area (Å²) in [5.74, 6) is 0. The van der Waals surface area contributed by atoms with Gasteiger partial charge in [-0.2, -0.15) is 0 Å². The molecule has 9 aromatic rings. The second kappa shape index (κ2) is 8.74. The van der Waals surface area contributed by atoms with Crippen LogP contribution in [0.25, 0.3) is 76.9 Å². The Kier molecular flexibility index (Phi) is 4.82. The average molecular weight is 575 g/mol. The lowest BCUT2D eigenvalue weighted by Crippen LogP contribution is -2.15. The van der Waals surface area contributed by atoms with E-state index >= 15 is 0 Å². The second-order valence-corrected chi connectivity index (χ2v) is 12.9. The Morgan fingerprint density at radius 1 is 0.400 bits per heavy atom. The van der Waals surface area contributed by atoms with E-state index in [0.29, 0.717) is 0 Å². The monoisotopic (exact) mass is 574 g/mol. The summed E-state index contributed by atoms with van der Waals surface area (Å²) >= 11 is 0. The fraction of sp³-hybridized carbons (Fsp3) is 0.0698. The lowest BCUT2D eigenvalue weighted by molar-refractivity contribution is 0.660. The molecule has 0 unspecified atom stereocenters. The zero-order chi connectivity index (χ0) is 29.9. The molecule has 2 heterocycles. The normalized spacial score (nSPS) is 13.7. The molecule has 45 heavy (non-hydrogen) atoms. The van der Waals surface area contributed by atoms with Crippen LogP contribution in [0.1, 0.15) is 25.0 Å². The summed E-state index contributed by atoms with van der Waals surface area (Å²) in [4.78, 5) is 0. The molecule has 10 rings (SSSR count). The molecule has 1 aliphatic carbocycles. The number of hydrogen-bond acceptors (Lipinski definition) is 0. The van der Waals surface area contributed by atoms with E-state index in [1.807, 2.05) is 0 Å². The van der Waals surface area contributed by atoms with Crippen LogP contribution in [0.5, 0.6) is 0 Å². The number of benzene rings is 7. The van der Waals surface area contributed by atoms with Gasteiger partial charge in [0, 0.05) is 49.1 Å². The lowest BCUT2D eigenvalue weighted by atomic mass is 9.82. The highest BCUT2D eigenvalue weighted by molar-refractivity contribution is 6.37. The molecule has 0 aliphatic heterocycles. The summed E-state index contributed by atoms with van der Waals surface area (Å²) in [6, 6.07) is 53.7. The Hall–Kier alpha value is -5.60. The summed E-state index contributed by atoms with van der Waals surface area (Å²) in [6.45, 7) is 4.73. The van der Waals surface area contributed by atoms with Gasteiger partial charge in [0.2, 0.25) is 0 Å². The molecule has 0 spiro atoms. The number of nitrogens with zero attached hydrogens (tertiary/aromatic N) is 2. The van der Waals surface area contributed by atoms with Crippen LogP contribution in [0.3, 0.4) is 0 Å². The zero-order valence-electron chi connectivity index (χ0n) is 25.3. The van der Waals surface area contributed by atoms with E-state index in [-0.39, 0.29) is 5.41 Å². The van der Waals surface area contributed by atoms with E-state index < -0.39 is 0 Å². The first-order valence-corrected chi connectivity index (χ1v) is 15.8. The molecule has 2 aromatic heterocycles. The lowest BCUT2D eigenvalue weighted by Gasteiger charge is -2.22. The molecule has 0 bridgehead atoms. The van der Waals surface area contributed by atoms with Crippen LogP contribution in [-0.2, 0) is 5.41 Å². The molecule has 2 nitrogen and oxygen atoms in total. The van der Waals surface area contributed by atoms with E-state index in [1.165, 1.54) is 88.0 Å². The number of hydrogen-bond donors (Lipinski definition) is 0. The molecule has 2 heteroatoms. The van der Waals surface area contributed by atoms with Gasteiger partial charge in [-0.3, -0.25) is 0 Å². The molecule has 0 N–H and O–H groups in total. The second-order valence-electron chi connectivity index (χ2n) is 12.9. The minimum atomic E-state index is -0.0703. The predicted molar refractivity (Wildman–Crippen MR) is 190 cm³/mol. The molecule has 1 aliphatic rings. The van der Waals surface area contributed by atoms with E-state index in [0.717, 1.165) is 0 Å². The molecule has 0 atom stereocenters. The molecule has 0 fully saturated rings. The summed E-state index contributed by atoms with van der Waals surface area (Å²) in [7, 11) is 0. The summed E-state index contributed by atoms with van der Waals surface area (Å²) in [5.41, 5.74) is 12.8. The summed E-state index contributed by atoms with van der Waals surface area (Å²) in [5, 5.41) is 7.71. The van der Waals surface area contributed by atoms with Crippen LogP contribution in [0, 0.1) is 0 Å². The van der Waals surface area contributed by atoms with Crippen molar-refractivity contribution in [2.45, 2.75) is 19.3 Å². The van der Waals surface area contributed by atoms with Crippen molar-refractivity contribution in [1.82, 2.24) is 9.13 Å². The smallest absolute Gasteiger partial charge is 0.0627 e. The van der Waals surface area contributed by atoms with Gasteiger partial charge in [0.1, 0.15) is 0 Å². The fourth-order valence-corrected chi connectivity index (χ4v) is 8.34. The Morgan fingerprint density at radius 3 is 1.53 bits per heavy atom. The van der Waals surface area contributed by atoms with Crippen LogP contribution >= 0.6 is 0 Å². The van der Waals surface area contributed by atoms with Crippen LogP contribution in [0.15, 0.2) is 146 Å². The third-order valence-corrected chi connectivity index (χ3v) is 10.3. The van der Waals surface area contributed by atoms with Crippen molar-refractivity contribution in [2.75, 3.05) is 0 Å². The van der Waals surface area contributed by atoms with Crippen molar-refractivity contribution in [2.24, 2.45) is 0 Å². The molecule has 212 valence electrons. The van der Waals surface area contributed by atoms with Gasteiger partial charge < -0.3 is 9.13 Å². The van der Waals surface area contributed by atoms with Gasteiger partial charge in [-0.25, -0.2) is 0 Å².